The maximum absolute atomic E-state index is 12.4. The molecule has 2 aromatic rings. The monoisotopic (exact) mass is 398 g/mol. The van der Waals surface area contributed by atoms with Gasteiger partial charge in [-0.1, -0.05) is 0 Å². The SMILES string of the molecule is CCOC(=O)c1cc2cc(NC(=O)C(N)C3CCOCC3)ccc2s1.Cl. The van der Waals surface area contributed by atoms with Gasteiger partial charge in [0, 0.05) is 23.6 Å². The van der Waals surface area contributed by atoms with Crippen LogP contribution in [0, 0.1) is 5.92 Å². The van der Waals surface area contributed by atoms with Gasteiger partial charge in [0.15, 0.2) is 0 Å². The number of hydrogen-bond donors (Lipinski definition) is 2. The highest BCUT2D eigenvalue weighted by Crippen LogP contribution is 2.29. The van der Waals surface area contributed by atoms with Crippen LogP contribution < -0.4 is 11.1 Å². The number of esters is 1. The fourth-order valence-corrected chi connectivity index (χ4v) is 3.88. The number of fused-ring (bicyclic) bond motifs is 1. The van der Waals surface area contributed by atoms with E-state index in [1.54, 1.807) is 13.0 Å². The van der Waals surface area contributed by atoms with Crippen molar-refractivity contribution in [3.63, 3.8) is 0 Å². The van der Waals surface area contributed by atoms with Crippen LogP contribution in [0.25, 0.3) is 10.1 Å². The number of anilines is 1. The van der Waals surface area contributed by atoms with Gasteiger partial charge in [0.1, 0.15) is 4.88 Å². The molecule has 1 amide bonds. The van der Waals surface area contributed by atoms with Crippen LogP contribution in [0.15, 0.2) is 24.3 Å². The number of hydrogen-bond acceptors (Lipinski definition) is 6. The zero-order valence-corrected chi connectivity index (χ0v) is 16.2. The Balaban J connectivity index is 0.00000243. The minimum atomic E-state index is -0.544. The van der Waals surface area contributed by atoms with Crippen molar-refractivity contribution < 1.29 is 19.1 Å². The Bertz CT molecular complexity index is 774. The molecule has 3 N–H and O–H groups in total. The first-order chi connectivity index (χ1) is 12.1. The van der Waals surface area contributed by atoms with Crippen LogP contribution in [0.5, 0.6) is 0 Å². The lowest BCUT2D eigenvalue weighted by atomic mass is 9.92. The van der Waals surface area contributed by atoms with Gasteiger partial charge in [-0.2, -0.15) is 0 Å². The van der Waals surface area contributed by atoms with Crippen molar-refractivity contribution in [1.29, 1.82) is 0 Å². The number of thiophene rings is 1. The number of nitrogens with two attached hydrogens (primary N) is 1. The summed E-state index contributed by atoms with van der Waals surface area (Å²) >= 11 is 1.38. The Morgan fingerprint density at radius 2 is 2.08 bits per heavy atom. The molecule has 1 aromatic heterocycles. The Morgan fingerprint density at radius 3 is 2.77 bits per heavy atom. The van der Waals surface area contributed by atoms with Crippen LogP contribution in [0.2, 0.25) is 0 Å². The van der Waals surface area contributed by atoms with Gasteiger partial charge in [-0.25, -0.2) is 4.79 Å². The van der Waals surface area contributed by atoms with E-state index < -0.39 is 6.04 Å². The Morgan fingerprint density at radius 1 is 1.35 bits per heavy atom. The van der Waals surface area contributed by atoms with Crippen LogP contribution in [0.4, 0.5) is 5.69 Å². The molecule has 26 heavy (non-hydrogen) atoms. The second kappa shape index (κ2) is 9.32. The first-order valence-corrected chi connectivity index (χ1v) is 9.25. The quantitative estimate of drug-likeness (QED) is 0.755. The standard InChI is InChI=1S/C18H22N2O4S.ClH/c1-2-24-18(22)15-10-12-9-13(3-4-14(12)25-15)20-17(21)16(19)11-5-7-23-8-6-11;/h3-4,9-11,16H,2,5-8,19H2,1H3,(H,20,21);1H. The van der Waals surface area contributed by atoms with Crippen molar-refractivity contribution in [2.45, 2.75) is 25.8 Å². The van der Waals surface area contributed by atoms with Crippen molar-refractivity contribution in [3.05, 3.63) is 29.1 Å². The summed E-state index contributed by atoms with van der Waals surface area (Å²) in [5.41, 5.74) is 6.78. The summed E-state index contributed by atoms with van der Waals surface area (Å²) in [5, 5.41) is 3.77. The van der Waals surface area contributed by atoms with Crippen LogP contribution in [0.1, 0.15) is 29.4 Å². The number of carbonyl (C=O) groups excluding carboxylic acids is 2. The smallest absolute Gasteiger partial charge is 0.348 e. The third-order valence-electron chi connectivity index (χ3n) is 4.34. The van der Waals surface area contributed by atoms with Crippen LogP contribution in [-0.4, -0.2) is 37.7 Å². The average Bonchev–Trinajstić information content (AvgIpc) is 3.05. The van der Waals surface area contributed by atoms with Gasteiger partial charge in [0.25, 0.3) is 0 Å². The predicted molar refractivity (Wildman–Crippen MR) is 105 cm³/mol. The third kappa shape index (κ3) is 4.73. The lowest BCUT2D eigenvalue weighted by molar-refractivity contribution is -0.119. The molecule has 0 bridgehead atoms. The summed E-state index contributed by atoms with van der Waals surface area (Å²) in [6.07, 6.45) is 1.61. The van der Waals surface area contributed by atoms with Crippen LogP contribution >= 0.6 is 23.7 Å². The maximum atomic E-state index is 12.4. The summed E-state index contributed by atoms with van der Waals surface area (Å²) in [6.45, 7) is 3.44. The molecule has 1 aromatic carbocycles. The molecule has 1 aliphatic rings. The summed E-state index contributed by atoms with van der Waals surface area (Å²) in [4.78, 5) is 24.8. The largest absolute Gasteiger partial charge is 0.462 e. The number of rotatable bonds is 5. The molecule has 2 heterocycles. The number of nitrogens with one attached hydrogen (secondary N) is 1. The molecule has 0 spiro atoms. The van der Waals surface area contributed by atoms with E-state index in [1.807, 2.05) is 18.2 Å². The summed E-state index contributed by atoms with van der Waals surface area (Å²) < 4.78 is 11.3. The summed E-state index contributed by atoms with van der Waals surface area (Å²) in [6, 6.07) is 6.80. The van der Waals surface area contributed by atoms with Crippen LogP contribution in [0.3, 0.4) is 0 Å². The van der Waals surface area contributed by atoms with E-state index >= 15 is 0 Å². The van der Waals surface area contributed by atoms with Gasteiger partial charge < -0.3 is 20.5 Å². The van der Waals surface area contributed by atoms with Gasteiger partial charge in [-0.15, -0.1) is 23.7 Å². The molecule has 1 unspecified atom stereocenters. The van der Waals surface area contributed by atoms with Crippen molar-refractivity contribution in [2.24, 2.45) is 11.7 Å². The predicted octanol–water partition coefficient (Wildman–Crippen LogP) is 3.19. The summed E-state index contributed by atoms with van der Waals surface area (Å²) in [7, 11) is 0. The first kappa shape index (κ1) is 20.6. The molecule has 3 rings (SSSR count). The maximum Gasteiger partial charge on any atom is 0.348 e. The number of benzene rings is 1. The van der Waals surface area contributed by atoms with Gasteiger partial charge in [-0.3, -0.25) is 4.79 Å². The van der Waals surface area contributed by atoms with Crippen LogP contribution in [-0.2, 0) is 14.3 Å². The topological polar surface area (TPSA) is 90.7 Å². The average molecular weight is 399 g/mol. The van der Waals surface area contributed by atoms with E-state index in [1.165, 1.54) is 11.3 Å². The molecule has 1 saturated heterocycles. The number of ether oxygens (including phenoxy) is 2. The minimum Gasteiger partial charge on any atom is -0.462 e. The van der Waals surface area contributed by atoms with E-state index in [0.717, 1.165) is 22.9 Å². The van der Waals surface area contributed by atoms with Gasteiger partial charge in [-0.05, 0) is 55.3 Å². The molecule has 1 aliphatic heterocycles. The normalized spacial score (nSPS) is 15.9. The molecule has 1 atom stereocenters. The molecule has 8 heteroatoms. The molecule has 142 valence electrons. The van der Waals surface area contributed by atoms with Crippen molar-refractivity contribution in [3.8, 4) is 0 Å². The second-order valence-electron chi connectivity index (χ2n) is 6.05. The van der Waals surface area contributed by atoms with E-state index in [2.05, 4.69) is 5.32 Å². The van der Waals surface area contributed by atoms with E-state index in [4.69, 9.17) is 15.2 Å². The van der Waals surface area contributed by atoms with E-state index in [9.17, 15) is 9.59 Å². The fraction of sp³-hybridized carbons (Fsp3) is 0.444. The molecule has 1 fully saturated rings. The molecule has 0 radical (unpaired) electrons. The van der Waals surface area contributed by atoms with Gasteiger partial charge in [0.2, 0.25) is 5.91 Å². The third-order valence-corrected chi connectivity index (χ3v) is 5.43. The van der Waals surface area contributed by atoms with E-state index in [0.29, 0.717) is 30.4 Å². The molecule has 0 saturated carbocycles. The minimum absolute atomic E-state index is 0. The zero-order valence-electron chi connectivity index (χ0n) is 14.5. The first-order valence-electron chi connectivity index (χ1n) is 8.43. The van der Waals surface area contributed by atoms with Crippen molar-refractivity contribution in [1.82, 2.24) is 0 Å². The lowest BCUT2D eigenvalue weighted by Crippen LogP contribution is -2.43. The molecule has 6 nitrogen and oxygen atoms in total. The van der Waals surface area contributed by atoms with Gasteiger partial charge >= 0.3 is 5.97 Å². The Hall–Kier alpha value is -1.67. The van der Waals surface area contributed by atoms with Crippen molar-refractivity contribution in [2.75, 3.05) is 25.1 Å². The zero-order chi connectivity index (χ0) is 17.8. The molecule has 0 aliphatic carbocycles. The highest BCUT2D eigenvalue weighted by molar-refractivity contribution is 7.20. The number of halogens is 1. The second-order valence-corrected chi connectivity index (χ2v) is 7.13. The fourth-order valence-electron chi connectivity index (χ4n) is 2.94. The molecular formula is C18H23ClN2O4S. The highest BCUT2D eigenvalue weighted by Gasteiger charge is 2.26. The van der Waals surface area contributed by atoms with Gasteiger partial charge in [0.05, 0.1) is 12.6 Å². The highest BCUT2D eigenvalue weighted by atomic mass is 35.5. The Labute approximate surface area is 162 Å². The Kier molecular flexibility index (Phi) is 7.40. The van der Waals surface area contributed by atoms with E-state index in [-0.39, 0.29) is 30.2 Å². The summed E-state index contributed by atoms with van der Waals surface area (Å²) in [5.74, 6) is -0.364. The lowest BCUT2D eigenvalue weighted by Gasteiger charge is -2.26. The number of amides is 1. The number of carbonyl (C=O) groups is 2. The molecular weight excluding hydrogens is 376 g/mol. The van der Waals surface area contributed by atoms with Crippen molar-refractivity contribution >= 4 is 51.4 Å².